The number of fused-ring (bicyclic) bond motifs is 1. The van der Waals surface area contributed by atoms with Gasteiger partial charge in [0.05, 0.1) is 10.2 Å². The van der Waals surface area contributed by atoms with E-state index in [0.29, 0.717) is 27.5 Å². The zero-order chi connectivity index (χ0) is 18.8. The number of halogens is 1. The maximum Gasteiger partial charge on any atom is 0.279 e. The lowest BCUT2D eigenvalue weighted by molar-refractivity contribution is 0.0991. The minimum atomic E-state index is -0.353. The van der Waals surface area contributed by atoms with Gasteiger partial charge in [-0.15, -0.1) is 6.58 Å². The number of amides is 1. The number of allylic oxidation sites excluding steroid dienone is 1. The Morgan fingerprint density at radius 3 is 2.46 bits per heavy atom. The number of nitrogens with zero attached hydrogens (tertiary/aromatic N) is 2. The molecule has 0 aliphatic carbocycles. The molecular formula is C20H17ClN2O2S. The molecule has 0 fully saturated rings. The molecule has 4 nitrogen and oxygen atoms in total. The largest absolute Gasteiger partial charge is 0.312 e. The van der Waals surface area contributed by atoms with Crippen LogP contribution in [-0.4, -0.2) is 16.3 Å². The van der Waals surface area contributed by atoms with Crippen molar-refractivity contribution in [3.63, 3.8) is 0 Å². The van der Waals surface area contributed by atoms with Gasteiger partial charge in [-0.25, -0.2) is 0 Å². The summed E-state index contributed by atoms with van der Waals surface area (Å²) in [7, 11) is 0. The Balaban J connectivity index is 2.12. The zero-order valence-corrected chi connectivity index (χ0v) is 16.0. The molecule has 132 valence electrons. The Hall–Kier alpha value is -2.50. The summed E-state index contributed by atoms with van der Waals surface area (Å²) in [6, 6.07) is 10.3. The summed E-state index contributed by atoms with van der Waals surface area (Å²) in [6.07, 6.45) is 1.76. The van der Waals surface area contributed by atoms with Gasteiger partial charge in [0.15, 0.2) is 10.6 Å². The van der Waals surface area contributed by atoms with Crippen molar-refractivity contribution >= 4 is 44.8 Å². The van der Waals surface area contributed by atoms with Gasteiger partial charge in [-0.3, -0.25) is 9.59 Å². The molecule has 0 saturated heterocycles. The number of rotatable bonds is 4. The van der Waals surface area contributed by atoms with Gasteiger partial charge in [-0.1, -0.05) is 41.1 Å². The van der Waals surface area contributed by atoms with Crippen molar-refractivity contribution in [2.75, 3.05) is 0 Å². The van der Waals surface area contributed by atoms with Gasteiger partial charge in [0.1, 0.15) is 0 Å². The molecule has 1 amide bonds. The average Bonchev–Trinajstić information content (AvgIpc) is 2.96. The maximum atomic E-state index is 12.6. The van der Waals surface area contributed by atoms with Crippen LogP contribution in [0, 0.1) is 6.92 Å². The third-order valence-electron chi connectivity index (χ3n) is 4.08. The van der Waals surface area contributed by atoms with Crippen molar-refractivity contribution in [2.24, 2.45) is 4.99 Å². The molecule has 0 bridgehead atoms. The van der Waals surface area contributed by atoms with Crippen molar-refractivity contribution in [1.82, 2.24) is 4.57 Å². The average molecular weight is 385 g/mol. The summed E-state index contributed by atoms with van der Waals surface area (Å²) >= 11 is 7.68. The van der Waals surface area contributed by atoms with E-state index in [1.54, 1.807) is 30.3 Å². The molecule has 0 unspecified atom stereocenters. The van der Waals surface area contributed by atoms with Gasteiger partial charge in [0, 0.05) is 22.7 Å². The van der Waals surface area contributed by atoms with E-state index in [1.807, 2.05) is 23.6 Å². The highest BCUT2D eigenvalue weighted by Gasteiger charge is 2.12. The number of Topliss-reactive ketones (excluding diaryl/α,β-unsaturated/α-hetero) is 1. The van der Waals surface area contributed by atoms with Crippen molar-refractivity contribution in [3.05, 3.63) is 75.6 Å². The Kier molecular flexibility index (Phi) is 5.20. The molecule has 6 heteroatoms. The topological polar surface area (TPSA) is 51.4 Å². The Bertz CT molecular complexity index is 1090. The van der Waals surface area contributed by atoms with E-state index in [2.05, 4.69) is 11.6 Å². The second-order valence-electron chi connectivity index (χ2n) is 5.85. The summed E-state index contributed by atoms with van der Waals surface area (Å²) in [5.41, 5.74) is 2.91. The Labute approximate surface area is 160 Å². The fourth-order valence-corrected chi connectivity index (χ4v) is 3.95. The van der Waals surface area contributed by atoms with Gasteiger partial charge >= 0.3 is 0 Å². The van der Waals surface area contributed by atoms with Crippen LogP contribution >= 0.6 is 22.9 Å². The highest BCUT2D eigenvalue weighted by molar-refractivity contribution is 7.16. The van der Waals surface area contributed by atoms with Crippen LogP contribution in [0.15, 0.2) is 54.0 Å². The van der Waals surface area contributed by atoms with Crippen LogP contribution in [0.1, 0.15) is 33.2 Å². The van der Waals surface area contributed by atoms with E-state index in [-0.39, 0.29) is 11.7 Å². The monoisotopic (exact) mass is 384 g/mol. The van der Waals surface area contributed by atoms with Crippen LogP contribution in [-0.2, 0) is 6.54 Å². The Morgan fingerprint density at radius 2 is 1.85 bits per heavy atom. The molecule has 26 heavy (non-hydrogen) atoms. The minimum absolute atomic E-state index is 0.0402. The number of aryl methyl sites for hydroxylation is 1. The molecule has 3 rings (SSSR count). The fourth-order valence-electron chi connectivity index (χ4n) is 2.70. The molecule has 0 aliphatic heterocycles. The molecule has 0 spiro atoms. The standard InChI is InChI=1S/C20H17ClN2O2S/c1-4-11-23-18-12(2)16(21)9-10-17(18)26-20(23)22-19(25)15-7-5-14(6-8-15)13(3)24/h4-10H,1,11H2,2-3H3. The lowest BCUT2D eigenvalue weighted by Crippen LogP contribution is -2.16. The normalized spacial score (nSPS) is 11.7. The SMILES string of the molecule is C=CCn1c(=NC(=O)c2ccc(C(C)=O)cc2)sc2ccc(Cl)c(C)c21. The molecule has 1 aromatic heterocycles. The fraction of sp³-hybridized carbons (Fsp3) is 0.150. The van der Waals surface area contributed by atoms with Gasteiger partial charge in [-0.05, 0) is 43.7 Å². The van der Waals surface area contributed by atoms with Crippen molar-refractivity contribution in [1.29, 1.82) is 0 Å². The first-order chi connectivity index (χ1) is 12.4. The van der Waals surface area contributed by atoms with Crippen molar-refractivity contribution < 1.29 is 9.59 Å². The summed E-state index contributed by atoms with van der Waals surface area (Å²) in [5.74, 6) is -0.394. The number of thiazole rings is 1. The van der Waals surface area contributed by atoms with Crippen molar-refractivity contribution in [2.45, 2.75) is 20.4 Å². The van der Waals surface area contributed by atoms with E-state index >= 15 is 0 Å². The third-order valence-corrected chi connectivity index (χ3v) is 5.53. The quantitative estimate of drug-likeness (QED) is 0.479. The summed E-state index contributed by atoms with van der Waals surface area (Å²) < 4.78 is 2.95. The van der Waals surface area contributed by atoms with E-state index < -0.39 is 0 Å². The first-order valence-corrected chi connectivity index (χ1v) is 9.21. The summed E-state index contributed by atoms with van der Waals surface area (Å²) in [4.78, 5) is 28.8. The molecular weight excluding hydrogens is 368 g/mol. The van der Waals surface area contributed by atoms with Crippen LogP contribution < -0.4 is 4.80 Å². The summed E-state index contributed by atoms with van der Waals surface area (Å²) in [6.45, 7) is 7.75. The smallest absolute Gasteiger partial charge is 0.279 e. The molecule has 0 radical (unpaired) electrons. The van der Waals surface area contributed by atoms with E-state index in [9.17, 15) is 9.59 Å². The Morgan fingerprint density at radius 1 is 1.19 bits per heavy atom. The lowest BCUT2D eigenvalue weighted by atomic mass is 10.1. The first-order valence-electron chi connectivity index (χ1n) is 8.01. The van der Waals surface area contributed by atoms with Crippen molar-refractivity contribution in [3.8, 4) is 0 Å². The number of carbonyl (C=O) groups excluding carboxylic acids is 2. The molecule has 0 aliphatic rings. The van der Waals surface area contributed by atoms with E-state index in [4.69, 9.17) is 11.6 Å². The number of carbonyl (C=O) groups is 2. The lowest BCUT2D eigenvalue weighted by Gasteiger charge is -2.05. The molecule has 0 saturated carbocycles. The van der Waals surface area contributed by atoms with Crippen LogP contribution in [0.3, 0.4) is 0 Å². The molecule has 2 aromatic carbocycles. The van der Waals surface area contributed by atoms with Crippen LogP contribution in [0.5, 0.6) is 0 Å². The number of aromatic nitrogens is 1. The first kappa shape index (κ1) is 18.3. The van der Waals surface area contributed by atoms with Gasteiger partial charge < -0.3 is 4.57 Å². The van der Waals surface area contributed by atoms with Crippen LogP contribution in [0.25, 0.3) is 10.2 Å². The second-order valence-corrected chi connectivity index (χ2v) is 7.27. The number of hydrogen-bond acceptors (Lipinski definition) is 3. The van der Waals surface area contributed by atoms with Gasteiger partial charge in [0.2, 0.25) is 0 Å². The van der Waals surface area contributed by atoms with Crippen LogP contribution in [0.4, 0.5) is 0 Å². The van der Waals surface area contributed by atoms with Crippen LogP contribution in [0.2, 0.25) is 5.02 Å². The third kappa shape index (κ3) is 3.41. The second kappa shape index (κ2) is 7.40. The molecule has 3 aromatic rings. The highest BCUT2D eigenvalue weighted by Crippen LogP contribution is 2.27. The number of ketones is 1. The number of benzene rings is 2. The number of hydrogen-bond donors (Lipinski definition) is 0. The molecule has 1 heterocycles. The molecule has 0 N–H and O–H groups in total. The van der Waals surface area contributed by atoms with E-state index in [1.165, 1.54) is 18.3 Å². The van der Waals surface area contributed by atoms with Gasteiger partial charge in [-0.2, -0.15) is 4.99 Å². The predicted molar refractivity (Wildman–Crippen MR) is 106 cm³/mol. The molecule has 0 atom stereocenters. The minimum Gasteiger partial charge on any atom is -0.312 e. The van der Waals surface area contributed by atoms with E-state index in [0.717, 1.165) is 15.8 Å². The predicted octanol–water partition coefficient (Wildman–Crippen LogP) is 4.79. The highest BCUT2D eigenvalue weighted by atomic mass is 35.5. The zero-order valence-electron chi connectivity index (χ0n) is 14.5. The summed E-state index contributed by atoms with van der Waals surface area (Å²) in [5, 5.41) is 0.672. The maximum absolute atomic E-state index is 12.6. The van der Waals surface area contributed by atoms with Gasteiger partial charge in [0.25, 0.3) is 5.91 Å².